The van der Waals surface area contributed by atoms with Gasteiger partial charge in [0.1, 0.15) is 6.04 Å². The standard InChI is InChI=1S/C19H27N3O3S/c1-14-2-3-15(26-14)12-21-8-6-19(7-9-21)13-22(10-11-25-19)18(24)16-4-5-17(23)20-16/h2-3,16H,4-13H2,1H3,(H,20,23)/t16-/m0/s1. The monoisotopic (exact) mass is 377 g/mol. The normalized spacial score (nSPS) is 26.3. The summed E-state index contributed by atoms with van der Waals surface area (Å²) in [6.45, 7) is 7.03. The number of amides is 2. The third kappa shape index (κ3) is 3.80. The average molecular weight is 378 g/mol. The molecule has 6 nitrogen and oxygen atoms in total. The number of nitrogens with zero attached hydrogens (tertiary/aromatic N) is 2. The molecule has 1 aromatic heterocycles. The number of rotatable bonds is 3. The van der Waals surface area contributed by atoms with Crippen molar-refractivity contribution in [2.24, 2.45) is 0 Å². The molecule has 4 rings (SSSR count). The smallest absolute Gasteiger partial charge is 0.245 e. The van der Waals surface area contributed by atoms with E-state index in [0.29, 0.717) is 32.5 Å². The van der Waals surface area contributed by atoms with Crippen LogP contribution in [0.2, 0.25) is 0 Å². The zero-order chi connectivity index (χ0) is 18.1. The molecule has 3 fully saturated rings. The Balaban J connectivity index is 1.33. The van der Waals surface area contributed by atoms with Gasteiger partial charge in [0.2, 0.25) is 11.8 Å². The molecule has 1 N–H and O–H groups in total. The number of morpholine rings is 1. The number of carbonyl (C=O) groups excluding carboxylic acids is 2. The van der Waals surface area contributed by atoms with E-state index >= 15 is 0 Å². The van der Waals surface area contributed by atoms with Crippen molar-refractivity contribution in [2.45, 2.75) is 50.8 Å². The molecule has 0 radical (unpaired) electrons. The Morgan fingerprint density at radius 2 is 2.15 bits per heavy atom. The maximum atomic E-state index is 12.7. The Hall–Kier alpha value is -1.44. The summed E-state index contributed by atoms with van der Waals surface area (Å²) in [5.74, 6) is 0.0541. The predicted octanol–water partition coefficient (Wildman–Crippen LogP) is 1.53. The molecule has 0 aromatic carbocycles. The van der Waals surface area contributed by atoms with Crippen molar-refractivity contribution in [3.8, 4) is 0 Å². The molecule has 1 aromatic rings. The minimum atomic E-state index is -0.334. The van der Waals surface area contributed by atoms with Gasteiger partial charge in [-0.05, 0) is 38.3 Å². The summed E-state index contributed by atoms with van der Waals surface area (Å²) >= 11 is 1.87. The van der Waals surface area contributed by atoms with Crippen molar-refractivity contribution >= 4 is 23.2 Å². The number of hydrogen-bond donors (Lipinski definition) is 1. The van der Waals surface area contributed by atoms with Gasteiger partial charge in [0.15, 0.2) is 0 Å². The van der Waals surface area contributed by atoms with Crippen molar-refractivity contribution in [3.05, 3.63) is 21.9 Å². The van der Waals surface area contributed by atoms with E-state index < -0.39 is 0 Å². The topological polar surface area (TPSA) is 61.9 Å². The van der Waals surface area contributed by atoms with Crippen LogP contribution in [0.5, 0.6) is 0 Å². The summed E-state index contributed by atoms with van der Waals surface area (Å²) in [7, 11) is 0. The molecule has 3 aliphatic heterocycles. The molecule has 0 bridgehead atoms. The minimum absolute atomic E-state index is 0.0107. The molecule has 1 atom stereocenters. The van der Waals surface area contributed by atoms with Gasteiger partial charge in [-0.3, -0.25) is 14.5 Å². The van der Waals surface area contributed by atoms with Gasteiger partial charge < -0.3 is 15.0 Å². The Morgan fingerprint density at radius 1 is 1.35 bits per heavy atom. The largest absolute Gasteiger partial charge is 0.371 e. The van der Waals surface area contributed by atoms with Crippen LogP contribution in [0.3, 0.4) is 0 Å². The number of aryl methyl sites for hydroxylation is 1. The Kier molecular flexibility index (Phi) is 5.03. The fourth-order valence-electron chi connectivity index (χ4n) is 4.26. The quantitative estimate of drug-likeness (QED) is 0.868. The summed E-state index contributed by atoms with van der Waals surface area (Å²) in [5.41, 5.74) is -0.210. The molecule has 0 unspecified atom stereocenters. The van der Waals surface area contributed by atoms with E-state index in [1.807, 2.05) is 16.2 Å². The van der Waals surface area contributed by atoms with E-state index in [0.717, 1.165) is 32.5 Å². The number of ether oxygens (including phenoxy) is 1. The molecule has 3 aliphatic rings. The van der Waals surface area contributed by atoms with E-state index in [9.17, 15) is 9.59 Å². The second-order valence-electron chi connectivity index (χ2n) is 7.74. The summed E-state index contributed by atoms with van der Waals surface area (Å²) in [6.07, 6.45) is 3.00. The van der Waals surface area contributed by atoms with E-state index in [1.54, 1.807) is 0 Å². The summed E-state index contributed by atoms with van der Waals surface area (Å²) in [4.78, 5) is 31.3. The molecular weight excluding hydrogens is 350 g/mol. The van der Waals surface area contributed by atoms with Crippen molar-refractivity contribution in [1.29, 1.82) is 0 Å². The molecule has 3 saturated heterocycles. The van der Waals surface area contributed by atoms with Gasteiger partial charge in [0.25, 0.3) is 0 Å². The third-order valence-corrected chi connectivity index (χ3v) is 6.78. The molecule has 26 heavy (non-hydrogen) atoms. The molecule has 7 heteroatoms. The lowest BCUT2D eigenvalue weighted by molar-refractivity contribution is -0.161. The van der Waals surface area contributed by atoms with Crippen LogP contribution in [0.4, 0.5) is 0 Å². The SMILES string of the molecule is Cc1ccc(CN2CCC3(CC2)CN(C(=O)[C@@H]2CCC(=O)N2)CCO3)s1. The number of likely N-dealkylation sites (tertiary alicyclic amines) is 1. The molecule has 2 amide bonds. The molecule has 4 heterocycles. The molecular formula is C19H27N3O3S. The molecule has 142 valence electrons. The van der Waals surface area contributed by atoms with Crippen molar-refractivity contribution in [2.75, 3.05) is 32.8 Å². The predicted molar refractivity (Wildman–Crippen MR) is 100.0 cm³/mol. The van der Waals surface area contributed by atoms with Gasteiger partial charge >= 0.3 is 0 Å². The highest BCUT2D eigenvalue weighted by Gasteiger charge is 2.42. The Labute approximate surface area is 158 Å². The van der Waals surface area contributed by atoms with Gasteiger partial charge in [-0.2, -0.15) is 0 Å². The van der Waals surface area contributed by atoms with Crippen molar-refractivity contribution < 1.29 is 14.3 Å². The summed E-state index contributed by atoms with van der Waals surface area (Å²) in [6, 6.07) is 4.07. The van der Waals surface area contributed by atoms with Crippen LogP contribution in [0.25, 0.3) is 0 Å². The number of nitrogens with one attached hydrogen (secondary N) is 1. The van der Waals surface area contributed by atoms with Crippen LogP contribution in [-0.2, 0) is 20.9 Å². The first kappa shape index (κ1) is 17.9. The van der Waals surface area contributed by atoms with Crippen LogP contribution in [0.15, 0.2) is 12.1 Å². The van der Waals surface area contributed by atoms with Crippen LogP contribution in [0, 0.1) is 6.92 Å². The highest BCUT2D eigenvalue weighted by Crippen LogP contribution is 2.32. The first-order valence-electron chi connectivity index (χ1n) is 9.53. The lowest BCUT2D eigenvalue weighted by atomic mass is 9.89. The van der Waals surface area contributed by atoms with Gasteiger partial charge in [-0.1, -0.05) is 0 Å². The highest BCUT2D eigenvalue weighted by atomic mass is 32.1. The summed E-state index contributed by atoms with van der Waals surface area (Å²) < 4.78 is 6.17. The number of hydrogen-bond acceptors (Lipinski definition) is 5. The zero-order valence-corrected chi connectivity index (χ0v) is 16.1. The first-order valence-corrected chi connectivity index (χ1v) is 10.3. The average Bonchev–Trinajstić information content (AvgIpc) is 3.25. The zero-order valence-electron chi connectivity index (χ0n) is 15.3. The summed E-state index contributed by atoms with van der Waals surface area (Å²) in [5, 5.41) is 2.80. The Bertz CT molecular complexity index is 681. The lowest BCUT2D eigenvalue weighted by Crippen LogP contribution is -2.60. The first-order chi connectivity index (χ1) is 12.5. The van der Waals surface area contributed by atoms with Crippen molar-refractivity contribution in [3.63, 3.8) is 0 Å². The fraction of sp³-hybridized carbons (Fsp3) is 0.684. The van der Waals surface area contributed by atoms with Gasteiger partial charge in [-0.25, -0.2) is 0 Å². The van der Waals surface area contributed by atoms with Crippen molar-refractivity contribution in [1.82, 2.24) is 15.1 Å². The number of thiophene rings is 1. The number of piperidine rings is 1. The lowest BCUT2D eigenvalue weighted by Gasteiger charge is -2.47. The van der Waals surface area contributed by atoms with Gasteiger partial charge in [-0.15, -0.1) is 11.3 Å². The van der Waals surface area contributed by atoms with E-state index in [4.69, 9.17) is 4.74 Å². The fourth-order valence-corrected chi connectivity index (χ4v) is 5.20. The number of carbonyl (C=O) groups is 2. The molecule has 1 spiro atoms. The minimum Gasteiger partial charge on any atom is -0.371 e. The van der Waals surface area contributed by atoms with Crippen LogP contribution >= 0.6 is 11.3 Å². The second-order valence-corrected chi connectivity index (χ2v) is 9.11. The maximum Gasteiger partial charge on any atom is 0.245 e. The highest BCUT2D eigenvalue weighted by molar-refractivity contribution is 7.11. The van der Waals surface area contributed by atoms with Crippen LogP contribution in [0.1, 0.15) is 35.4 Å². The van der Waals surface area contributed by atoms with Crippen LogP contribution < -0.4 is 5.32 Å². The Morgan fingerprint density at radius 3 is 2.81 bits per heavy atom. The molecule has 0 aliphatic carbocycles. The van der Waals surface area contributed by atoms with Gasteiger partial charge in [0.05, 0.1) is 12.2 Å². The third-order valence-electron chi connectivity index (χ3n) is 5.80. The molecule has 0 saturated carbocycles. The second kappa shape index (κ2) is 7.29. The van der Waals surface area contributed by atoms with E-state index in [2.05, 4.69) is 29.3 Å². The van der Waals surface area contributed by atoms with Crippen LogP contribution in [-0.4, -0.2) is 66.0 Å². The van der Waals surface area contributed by atoms with E-state index in [-0.39, 0.29) is 23.5 Å². The van der Waals surface area contributed by atoms with Gasteiger partial charge in [0, 0.05) is 48.9 Å². The maximum absolute atomic E-state index is 12.7. The van der Waals surface area contributed by atoms with E-state index in [1.165, 1.54) is 9.75 Å².